The van der Waals surface area contributed by atoms with Crippen molar-refractivity contribution in [1.82, 2.24) is 10.9 Å². The summed E-state index contributed by atoms with van der Waals surface area (Å²) in [7, 11) is 0. The topological polar surface area (TPSA) is 175 Å². The van der Waals surface area contributed by atoms with E-state index in [0.717, 1.165) is 24.0 Å². The van der Waals surface area contributed by atoms with Crippen LogP contribution in [0.5, 0.6) is 23.0 Å². The summed E-state index contributed by atoms with van der Waals surface area (Å²) in [5.74, 6) is 1.89. The normalized spacial score (nSPS) is 17.4. The summed E-state index contributed by atoms with van der Waals surface area (Å²) in [5, 5.41) is 8.19. The van der Waals surface area contributed by atoms with Crippen LogP contribution in [-0.4, -0.2) is 130 Å². The Hall–Kier alpha value is -4.32. The maximum atomic E-state index is 12.3. The molecule has 0 fully saturated rings. The highest BCUT2D eigenvalue weighted by atomic mass is 16.6. The molecule has 0 radical (unpaired) electrons. The first-order valence-corrected chi connectivity index (χ1v) is 18.6. The van der Waals surface area contributed by atoms with Crippen molar-refractivity contribution >= 4 is 24.2 Å². The van der Waals surface area contributed by atoms with Gasteiger partial charge in [0.25, 0.3) is 0 Å². The minimum absolute atomic E-state index is 0.186. The standard InChI is InChI=1S/C38H54N4O12/c43-37(41-39-29-31-7-9-33-35(27-31)53-25-21-49-17-13-45-11-15-47-19-23-51-33)5-3-1-2-4-6-38(44)42-40-30-32-8-10-34-36(28-32)54-26-22-50-18-14-46-12-16-48-20-24-52-34/h7-10,27-30H,1-6,11-26H2,(H,41,43)(H,42,44)/b39-29+,40-30+. The quantitative estimate of drug-likeness (QED) is 0.195. The van der Waals surface area contributed by atoms with E-state index in [-0.39, 0.29) is 11.8 Å². The predicted octanol–water partition coefficient (Wildman–Crippen LogP) is 3.27. The molecule has 0 saturated heterocycles. The second kappa shape index (κ2) is 27.3. The van der Waals surface area contributed by atoms with Crippen LogP contribution in [0, 0.1) is 0 Å². The second-order valence-electron chi connectivity index (χ2n) is 12.0. The number of hydrogen-bond donors (Lipinski definition) is 2. The number of carbonyl (C=O) groups is 2. The van der Waals surface area contributed by atoms with E-state index < -0.39 is 0 Å². The second-order valence-corrected chi connectivity index (χ2v) is 12.0. The van der Waals surface area contributed by atoms with Gasteiger partial charge in [-0.05, 0) is 60.4 Å². The lowest BCUT2D eigenvalue weighted by atomic mass is 10.1. The first-order chi connectivity index (χ1) is 26.7. The number of unbranched alkanes of at least 4 members (excludes halogenated alkanes) is 3. The molecule has 16 heteroatoms. The number of benzene rings is 2. The monoisotopic (exact) mass is 758 g/mol. The molecule has 0 aromatic heterocycles. The van der Waals surface area contributed by atoms with Crippen LogP contribution in [0.15, 0.2) is 46.6 Å². The Morgan fingerprint density at radius 3 is 1.11 bits per heavy atom. The van der Waals surface area contributed by atoms with Crippen LogP contribution in [0.1, 0.15) is 49.7 Å². The van der Waals surface area contributed by atoms with Gasteiger partial charge in [-0.3, -0.25) is 9.59 Å². The van der Waals surface area contributed by atoms with E-state index in [4.69, 9.17) is 47.4 Å². The third kappa shape index (κ3) is 18.6. The van der Waals surface area contributed by atoms with Crippen LogP contribution in [0.25, 0.3) is 0 Å². The molecule has 2 aromatic rings. The minimum Gasteiger partial charge on any atom is -0.487 e. The molecule has 2 amide bonds. The zero-order valence-electron chi connectivity index (χ0n) is 31.0. The molecule has 2 aliphatic heterocycles. The Bertz CT molecular complexity index is 1320. The number of nitrogens with one attached hydrogen (secondary N) is 2. The maximum Gasteiger partial charge on any atom is 0.240 e. The van der Waals surface area contributed by atoms with Crippen molar-refractivity contribution in [3.8, 4) is 23.0 Å². The summed E-state index contributed by atoms with van der Waals surface area (Å²) in [6.45, 7) is 7.03. The SMILES string of the molecule is O=C(CCCCCCC(=O)N/N=C/c1ccc2c(c1)OCCOCCOCCOCCO2)N/N=C/c1ccc2c(c1)OCCOCCOCCOCCO2. The van der Waals surface area contributed by atoms with Crippen LogP contribution in [0.4, 0.5) is 0 Å². The number of rotatable bonds is 11. The number of nitrogens with zero attached hydrogens (tertiary/aromatic N) is 2. The average molecular weight is 759 g/mol. The van der Waals surface area contributed by atoms with Crippen LogP contribution in [0.3, 0.4) is 0 Å². The molecule has 54 heavy (non-hydrogen) atoms. The van der Waals surface area contributed by atoms with E-state index in [2.05, 4.69) is 21.1 Å². The maximum absolute atomic E-state index is 12.3. The minimum atomic E-state index is -0.186. The Labute approximate surface area is 316 Å². The fourth-order valence-electron chi connectivity index (χ4n) is 4.99. The molecule has 0 bridgehead atoms. The van der Waals surface area contributed by atoms with Gasteiger partial charge in [-0.1, -0.05) is 12.8 Å². The van der Waals surface area contributed by atoms with Gasteiger partial charge in [-0.15, -0.1) is 0 Å². The van der Waals surface area contributed by atoms with Gasteiger partial charge in [0.2, 0.25) is 11.8 Å². The van der Waals surface area contributed by atoms with Gasteiger partial charge in [-0.25, -0.2) is 10.9 Å². The number of hydrazone groups is 2. The zero-order valence-corrected chi connectivity index (χ0v) is 31.0. The average Bonchev–Trinajstić information content (AvgIpc) is 3.19. The van der Waals surface area contributed by atoms with Crippen molar-refractivity contribution < 1.29 is 57.0 Å². The molecule has 0 atom stereocenters. The van der Waals surface area contributed by atoms with Crippen molar-refractivity contribution in [3.05, 3.63) is 47.5 Å². The van der Waals surface area contributed by atoms with E-state index in [0.29, 0.717) is 154 Å². The molecule has 2 aliphatic rings. The molecule has 0 unspecified atom stereocenters. The number of carbonyl (C=O) groups excluding carboxylic acids is 2. The first-order valence-electron chi connectivity index (χ1n) is 18.6. The largest absolute Gasteiger partial charge is 0.487 e. The molecule has 0 spiro atoms. The van der Waals surface area contributed by atoms with E-state index in [9.17, 15) is 9.59 Å². The van der Waals surface area contributed by atoms with E-state index >= 15 is 0 Å². The lowest BCUT2D eigenvalue weighted by molar-refractivity contribution is -0.122. The van der Waals surface area contributed by atoms with Gasteiger partial charge in [0.1, 0.15) is 26.4 Å². The first kappa shape index (κ1) is 42.4. The highest BCUT2D eigenvalue weighted by Gasteiger charge is 2.10. The van der Waals surface area contributed by atoms with Gasteiger partial charge in [0.15, 0.2) is 23.0 Å². The third-order valence-electron chi connectivity index (χ3n) is 7.73. The molecule has 2 aromatic carbocycles. The fraction of sp³-hybridized carbons (Fsp3) is 0.579. The van der Waals surface area contributed by atoms with Crippen LogP contribution in [-0.2, 0) is 38.0 Å². The molecule has 0 saturated carbocycles. The Kier molecular flexibility index (Phi) is 21.4. The van der Waals surface area contributed by atoms with E-state index in [1.54, 1.807) is 36.7 Å². The highest BCUT2D eigenvalue weighted by molar-refractivity contribution is 5.84. The molecule has 4 rings (SSSR count). The number of hydrogen-bond acceptors (Lipinski definition) is 14. The van der Waals surface area contributed by atoms with Crippen molar-refractivity contribution in [3.63, 3.8) is 0 Å². The van der Waals surface area contributed by atoms with Crippen molar-refractivity contribution in [2.24, 2.45) is 10.2 Å². The molecule has 2 N–H and O–H groups in total. The Morgan fingerprint density at radius 1 is 0.444 bits per heavy atom. The van der Waals surface area contributed by atoms with Crippen LogP contribution in [0.2, 0.25) is 0 Å². The highest BCUT2D eigenvalue weighted by Crippen LogP contribution is 2.29. The number of ether oxygens (including phenoxy) is 10. The fourth-order valence-corrected chi connectivity index (χ4v) is 4.99. The van der Waals surface area contributed by atoms with E-state index in [1.165, 1.54) is 0 Å². The van der Waals surface area contributed by atoms with Crippen molar-refractivity contribution in [2.45, 2.75) is 38.5 Å². The molecular weight excluding hydrogens is 704 g/mol. The summed E-state index contributed by atoms with van der Waals surface area (Å²) in [6.07, 6.45) is 6.74. The van der Waals surface area contributed by atoms with Gasteiger partial charge in [0, 0.05) is 12.8 Å². The van der Waals surface area contributed by atoms with Crippen molar-refractivity contribution in [1.29, 1.82) is 0 Å². The summed E-state index contributed by atoms with van der Waals surface area (Å²) < 4.78 is 56.4. The number of amides is 2. The smallest absolute Gasteiger partial charge is 0.240 e. The summed E-state index contributed by atoms with van der Waals surface area (Å²) >= 11 is 0. The molecule has 2 heterocycles. The van der Waals surface area contributed by atoms with Crippen LogP contribution >= 0.6 is 0 Å². The molecular formula is C38H54N4O12. The van der Waals surface area contributed by atoms with E-state index in [1.807, 2.05) is 12.1 Å². The Balaban J connectivity index is 1.09. The lowest BCUT2D eigenvalue weighted by Crippen LogP contribution is -2.17. The summed E-state index contributed by atoms with van der Waals surface area (Å²) in [4.78, 5) is 24.6. The zero-order chi connectivity index (χ0) is 37.7. The number of fused-ring (bicyclic) bond motifs is 2. The van der Waals surface area contributed by atoms with Gasteiger partial charge in [-0.2, -0.15) is 10.2 Å². The van der Waals surface area contributed by atoms with Gasteiger partial charge < -0.3 is 47.4 Å². The summed E-state index contributed by atoms with van der Waals surface area (Å²) in [6, 6.07) is 10.8. The molecule has 0 aliphatic carbocycles. The molecule has 298 valence electrons. The van der Waals surface area contributed by atoms with Gasteiger partial charge in [0.05, 0.1) is 91.7 Å². The summed E-state index contributed by atoms with van der Waals surface area (Å²) in [5.41, 5.74) is 6.62. The Morgan fingerprint density at radius 2 is 0.759 bits per heavy atom. The predicted molar refractivity (Wildman–Crippen MR) is 199 cm³/mol. The van der Waals surface area contributed by atoms with Crippen LogP contribution < -0.4 is 29.8 Å². The third-order valence-corrected chi connectivity index (χ3v) is 7.73. The van der Waals surface area contributed by atoms with Crippen molar-refractivity contribution in [2.75, 3.05) is 106 Å². The molecule has 16 nitrogen and oxygen atoms in total. The van der Waals surface area contributed by atoms with Gasteiger partial charge >= 0.3 is 0 Å². The lowest BCUT2D eigenvalue weighted by Gasteiger charge is -2.13.